The van der Waals surface area contributed by atoms with E-state index in [-0.39, 0.29) is 11.4 Å². The van der Waals surface area contributed by atoms with Gasteiger partial charge in [0.15, 0.2) is 5.82 Å². The standard InChI is InChI=1S/C24H26FN7O/c1-13-11-32(12-14(2)28-13)20-6-5-17(22-23(20)27-8-7-26-22)24(33)29-16-9-18-15(3)31(4)30-21(18)19(25)10-16/h5-10,13-14,28H,11-12H2,1-4H3,(H,29,33). The van der Waals surface area contributed by atoms with E-state index >= 15 is 0 Å². The van der Waals surface area contributed by atoms with E-state index in [2.05, 4.69) is 44.4 Å². The fraction of sp³-hybridized carbons (Fsp3) is 0.333. The molecule has 2 unspecified atom stereocenters. The third-order valence-electron chi connectivity index (χ3n) is 6.19. The zero-order valence-corrected chi connectivity index (χ0v) is 19.1. The fourth-order valence-electron chi connectivity index (χ4n) is 4.65. The number of carbonyl (C=O) groups is 1. The van der Waals surface area contributed by atoms with Gasteiger partial charge in [-0.15, -0.1) is 0 Å². The Morgan fingerprint density at radius 3 is 2.52 bits per heavy atom. The van der Waals surface area contributed by atoms with Crippen LogP contribution >= 0.6 is 0 Å². The number of rotatable bonds is 3. The van der Waals surface area contributed by atoms with E-state index < -0.39 is 5.82 Å². The molecular weight excluding hydrogens is 421 g/mol. The van der Waals surface area contributed by atoms with Crippen molar-refractivity contribution in [1.29, 1.82) is 0 Å². The Morgan fingerprint density at radius 1 is 1.09 bits per heavy atom. The smallest absolute Gasteiger partial charge is 0.257 e. The minimum atomic E-state index is -0.478. The van der Waals surface area contributed by atoms with Crippen LogP contribution in [-0.4, -0.2) is 50.8 Å². The first kappa shape index (κ1) is 21.3. The summed E-state index contributed by atoms with van der Waals surface area (Å²) in [5, 5.41) is 11.2. The molecule has 2 aromatic heterocycles. The summed E-state index contributed by atoms with van der Waals surface area (Å²) in [5.41, 5.74) is 4.01. The summed E-state index contributed by atoms with van der Waals surface area (Å²) in [6, 6.07) is 7.39. The first-order valence-electron chi connectivity index (χ1n) is 11.0. The molecule has 33 heavy (non-hydrogen) atoms. The monoisotopic (exact) mass is 447 g/mol. The molecule has 0 aliphatic carbocycles. The molecule has 1 amide bonds. The molecule has 9 heteroatoms. The van der Waals surface area contributed by atoms with Crippen LogP contribution in [0.3, 0.4) is 0 Å². The number of hydrogen-bond donors (Lipinski definition) is 2. The van der Waals surface area contributed by atoms with Gasteiger partial charge in [0.2, 0.25) is 0 Å². The molecule has 170 valence electrons. The largest absolute Gasteiger partial charge is 0.367 e. The predicted octanol–water partition coefficient (Wildman–Crippen LogP) is 3.40. The van der Waals surface area contributed by atoms with Crippen molar-refractivity contribution in [3.63, 3.8) is 0 Å². The number of carbonyl (C=O) groups excluding carboxylic acids is 1. The van der Waals surface area contributed by atoms with Crippen molar-refractivity contribution in [1.82, 2.24) is 25.1 Å². The molecule has 2 atom stereocenters. The lowest BCUT2D eigenvalue weighted by Crippen LogP contribution is -2.54. The first-order chi connectivity index (χ1) is 15.8. The molecule has 1 saturated heterocycles. The maximum Gasteiger partial charge on any atom is 0.257 e. The molecule has 1 aliphatic rings. The Balaban J connectivity index is 1.51. The van der Waals surface area contributed by atoms with Crippen LogP contribution in [0, 0.1) is 12.7 Å². The van der Waals surface area contributed by atoms with Crippen molar-refractivity contribution < 1.29 is 9.18 Å². The van der Waals surface area contributed by atoms with Gasteiger partial charge < -0.3 is 15.5 Å². The third-order valence-corrected chi connectivity index (χ3v) is 6.19. The summed E-state index contributed by atoms with van der Waals surface area (Å²) < 4.78 is 16.2. The van der Waals surface area contributed by atoms with Crippen molar-refractivity contribution in [2.45, 2.75) is 32.9 Å². The van der Waals surface area contributed by atoms with E-state index in [0.29, 0.717) is 39.8 Å². The van der Waals surface area contributed by atoms with Gasteiger partial charge in [-0.1, -0.05) is 0 Å². The molecule has 4 aromatic rings. The van der Waals surface area contributed by atoms with Crippen LogP contribution in [0.15, 0.2) is 36.7 Å². The number of nitrogens with zero attached hydrogens (tertiary/aromatic N) is 5. The molecule has 0 saturated carbocycles. The van der Waals surface area contributed by atoms with Crippen LogP contribution in [0.1, 0.15) is 29.9 Å². The molecule has 5 rings (SSSR count). The molecule has 1 fully saturated rings. The van der Waals surface area contributed by atoms with Gasteiger partial charge in [-0.3, -0.25) is 19.4 Å². The summed E-state index contributed by atoms with van der Waals surface area (Å²) in [4.78, 5) is 24.5. The van der Waals surface area contributed by atoms with Crippen LogP contribution in [0.4, 0.5) is 15.8 Å². The van der Waals surface area contributed by atoms with Crippen LogP contribution in [0.25, 0.3) is 21.9 Å². The molecule has 1 aliphatic heterocycles. The van der Waals surface area contributed by atoms with Crippen molar-refractivity contribution >= 4 is 39.2 Å². The van der Waals surface area contributed by atoms with E-state index in [1.54, 1.807) is 36.3 Å². The van der Waals surface area contributed by atoms with Crippen molar-refractivity contribution in [2.75, 3.05) is 23.3 Å². The number of hydrogen-bond acceptors (Lipinski definition) is 6. The topological polar surface area (TPSA) is 88.0 Å². The number of benzene rings is 2. The lowest BCUT2D eigenvalue weighted by Gasteiger charge is -2.38. The number of nitrogens with one attached hydrogen (secondary N) is 2. The summed E-state index contributed by atoms with van der Waals surface area (Å²) in [5.74, 6) is -0.845. The van der Waals surface area contributed by atoms with E-state index in [1.807, 2.05) is 13.0 Å². The second-order valence-electron chi connectivity index (χ2n) is 8.78. The summed E-state index contributed by atoms with van der Waals surface area (Å²) >= 11 is 0. The summed E-state index contributed by atoms with van der Waals surface area (Å²) in [6.07, 6.45) is 3.22. The predicted molar refractivity (Wildman–Crippen MR) is 127 cm³/mol. The Labute approximate surface area is 190 Å². The number of aromatic nitrogens is 4. The maximum absolute atomic E-state index is 14.6. The molecule has 2 N–H and O–H groups in total. The van der Waals surface area contributed by atoms with Crippen LogP contribution in [0.2, 0.25) is 0 Å². The van der Waals surface area contributed by atoms with Crippen LogP contribution in [0.5, 0.6) is 0 Å². The highest BCUT2D eigenvalue weighted by Gasteiger charge is 2.24. The normalized spacial score (nSPS) is 18.8. The number of anilines is 2. The highest BCUT2D eigenvalue weighted by atomic mass is 19.1. The molecule has 3 heterocycles. The zero-order chi connectivity index (χ0) is 23.3. The van der Waals surface area contributed by atoms with E-state index in [9.17, 15) is 9.18 Å². The number of halogens is 1. The zero-order valence-electron chi connectivity index (χ0n) is 19.1. The van der Waals surface area contributed by atoms with E-state index in [4.69, 9.17) is 0 Å². The summed E-state index contributed by atoms with van der Waals surface area (Å²) in [7, 11) is 1.76. The second kappa shape index (κ2) is 8.08. The Kier molecular flexibility index (Phi) is 5.20. The number of amides is 1. The van der Waals surface area contributed by atoms with Gasteiger partial charge in [0.25, 0.3) is 5.91 Å². The number of piperazine rings is 1. The van der Waals surface area contributed by atoms with Gasteiger partial charge in [0.1, 0.15) is 16.6 Å². The van der Waals surface area contributed by atoms with Crippen LogP contribution < -0.4 is 15.5 Å². The second-order valence-corrected chi connectivity index (χ2v) is 8.78. The molecule has 2 aromatic carbocycles. The fourth-order valence-corrected chi connectivity index (χ4v) is 4.65. The minimum Gasteiger partial charge on any atom is -0.367 e. The molecule has 0 bridgehead atoms. The number of aryl methyl sites for hydroxylation is 2. The van der Waals surface area contributed by atoms with Gasteiger partial charge in [-0.25, -0.2) is 4.39 Å². The maximum atomic E-state index is 14.6. The highest BCUT2D eigenvalue weighted by molar-refractivity contribution is 6.13. The third kappa shape index (κ3) is 3.78. The lowest BCUT2D eigenvalue weighted by atomic mass is 10.1. The van der Waals surface area contributed by atoms with Crippen molar-refractivity contribution in [3.8, 4) is 0 Å². The van der Waals surface area contributed by atoms with E-state index in [0.717, 1.165) is 24.5 Å². The van der Waals surface area contributed by atoms with Gasteiger partial charge in [-0.2, -0.15) is 5.10 Å². The average Bonchev–Trinajstić information content (AvgIpc) is 3.06. The van der Waals surface area contributed by atoms with E-state index in [1.165, 1.54) is 6.07 Å². The Bertz CT molecular complexity index is 1370. The quantitative estimate of drug-likeness (QED) is 0.501. The average molecular weight is 448 g/mol. The molecule has 0 radical (unpaired) electrons. The minimum absolute atomic E-state index is 0.285. The molecule has 0 spiro atoms. The summed E-state index contributed by atoms with van der Waals surface area (Å²) in [6.45, 7) is 7.84. The van der Waals surface area contributed by atoms with Crippen molar-refractivity contribution in [3.05, 3.63) is 53.7 Å². The number of fused-ring (bicyclic) bond motifs is 2. The molecule has 8 nitrogen and oxygen atoms in total. The Hall–Kier alpha value is -3.59. The van der Waals surface area contributed by atoms with Crippen molar-refractivity contribution in [2.24, 2.45) is 7.05 Å². The van der Waals surface area contributed by atoms with Gasteiger partial charge in [0.05, 0.1) is 11.3 Å². The van der Waals surface area contributed by atoms with Crippen LogP contribution in [-0.2, 0) is 7.05 Å². The Morgan fingerprint density at radius 2 is 1.79 bits per heavy atom. The first-order valence-corrected chi connectivity index (χ1v) is 11.0. The van der Waals surface area contributed by atoms with Gasteiger partial charge >= 0.3 is 0 Å². The SMILES string of the molecule is Cc1c2cc(NC(=O)c3ccc(N4CC(C)NC(C)C4)c4nccnc34)cc(F)c2nn1C. The molecular formula is C24H26FN7O. The van der Waals surface area contributed by atoms with Gasteiger partial charge in [-0.05, 0) is 45.0 Å². The highest BCUT2D eigenvalue weighted by Crippen LogP contribution is 2.29. The van der Waals surface area contributed by atoms with Gasteiger partial charge in [0, 0.05) is 61.4 Å². The lowest BCUT2D eigenvalue weighted by molar-refractivity contribution is 0.102.